The summed E-state index contributed by atoms with van der Waals surface area (Å²) in [5.74, 6) is -0.321. The van der Waals surface area contributed by atoms with Gasteiger partial charge in [-0.2, -0.15) is 0 Å². The van der Waals surface area contributed by atoms with Gasteiger partial charge >= 0.3 is 0 Å². The summed E-state index contributed by atoms with van der Waals surface area (Å²) in [7, 11) is 4.01. The van der Waals surface area contributed by atoms with Crippen LogP contribution in [-0.4, -0.2) is 86.9 Å². The number of anilines is 1. The van der Waals surface area contributed by atoms with Gasteiger partial charge in [-0.15, -0.1) is 0 Å². The van der Waals surface area contributed by atoms with E-state index in [0.29, 0.717) is 49.8 Å². The predicted molar refractivity (Wildman–Crippen MR) is 163 cm³/mol. The van der Waals surface area contributed by atoms with Crippen molar-refractivity contribution >= 4 is 33.3 Å². The monoisotopic (exact) mass is 573 g/mol. The van der Waals surface area contributed by atoms with Gasteiger partial charge in [0.2, 0.25) is 5.43 Å². The second kappa shape index (κ2) is 12.1. The van der Waals surface area contributed by atoms with Crippen LogP contribution >= 0.6 is 0 Å². The van der Waals surface area contributed by atoms with Crippen LogP contribution in [0.4, 0.5) is 10.1 Å². The van der Waals surface area contributed by atoms with E-state index in [0.717, 1.165) is 43.2 Å². The van der Waals surface area contributed by atoms with Gasteiger partial charge in [-0.1, -0.05) is 24.3 Å². The maximum atomic E-state index is 15.8. The van der Waals surface area contributed by atoms with E-state index in [-0.39, 0.29) is 22.4 Å². The molecule has 0 unspecified atom stereocenters. The Labute approximate surface area is 243 Å². The van der Waals surface area contributed by atoms with Crippen LogP contribution in [-0.2, 0) is 4.74 Å². The number of nitrogens with one attached hydrogen (secondary N) is 2. The first-order chi connectivity index (χ1) is 20.4. The lowest BCUT2D eigenvalue weighted by molar-refractivity contribution is 0.0398. The molecule has 10 heteroatoms. The number of unbranched alkanes of at least 4 members (excludes halogenated alkanes) is 1. The Balaban J connectivity index is 1.40. The van der Waals surface area contributed by atoms with Crippen LogP contribution in [0.2, 0.25) is 0 Å². The van der Waals surface area contributed by atoms with Crippen molar-refractivity contribution < 1.29 is 18.7 Å². The molecule has 1 aromatic heterocycles. The van der Waals surface area contributed by atoms with Crippen molar-refractivity contribution in [1.29, 1.82) is 0 Å². The van der Waals surface area contributed by atoms with E-state index in [1.165, 1.54) is 6.07 Å². The molecule has 0 radical (unpaired) electrons. The second-order valence-electron chi connectivity index (χ2n) is 11.1. The first-order valence-corrected chi connectivity index (χ1v) is 14.5. The van der Waals surface area contributed by atoms with Gasteiger partial charge in [-0.25, -0.2) is 4.39 Å². The van der Waals surface area contributed by atoms with Crippen LogP contribution in [0.5, 0.6) is 11.5 Å². The highest BCUT2D eigenvalue weighted by Crippen LogP contribution is 2.46. The SMILES string of the molecule is CN(C)CCCCNC(=O)c1cn2c3c(c(NCCN4CCOCC4)c(F)cc3c1=O)Oc1cc3ccccc3cc1-2. The maximum Gasteiger partial charge on any atom is 0.256 e. The molecule has 0 atom stereocenters. The Morgan fingerprint density at radius 3 is 2.57 bits per heavy atom. The first-order valence-electron chi connectivity index (χ1n) is 14.5. The molecular weight excluding hydrogens is 537 g/mol. The van der Waals surface area contributed by atoms with Gasteiger partial charge in [0, 0.05) is 38.9 Å². The lowest BCUT2D eigenvalue weighted by Gasteiger charge is -2.28. The zero-order valence-corrected chi connectivity index (χ0v) is 24.0. The molecule has 6 rings (SSSR count). The number of morpholine rings is 1. The number of aromatic nitrogens is 1. The molecule has 2 aliphatic heterocycles. The Bertz CT molecular complexity index is 1700. The van der Waals surface area contributed by atoms with Crippen molar-refractivity contribution in [1.82, 2.24) is 19.7 Å². The normalized spacial score (nSPS) is 14.7. The number of hydrogen-bond acceptors (Lipinski definition) is 7. The van der Waals surface area contributed by atoms with Gasteiger partial charge < -0.3 is 29.6 Å². The maximum absolute atomic E-state index is 15.8. The van der Waals surface area contributed by atoms with Gasteiger partial charge in [0.25, 0.3) is 5.91 Å². The number of nitrogens with zero attached hydrogens (tertiary/aromatic N) is 3. The Kier molecular flexibility index (Phi) is 8.10. The number of ether oxygens (including phenoxy) is 2. The Hall–Kier alpha value is -3.99. The number of benzene rings is 3. The van der Waals surface area contributed by atoms with E-state index < -0.39 is 17.2 Å². The van der Waals surface area contributed by atoms with Gasteiger partial charge in [0.15, 0.2) is 17.3 Å². The van der Waals surface area contributed by atoms with Crippen LogP contribution < -0.4 is 20.8 Å². The van der Waals surface area contributed by atoms with E-state index >= 15 is 4.39 Å². The minimum atomic E-state index is -0.603. The van der Waals surface area contributed by atoms with E-state index in [4.69, 9.17) is 9.47 Å². The second-order valence-corrected chi connectivity index (χ2v) is 11.1. The van der Waals surface area contributed by atoms with Crippen LogP contribution in [0.25, 0.3) is 27.4 Å². The minimum Gasteiger partial charge on any atom is -0.451 e. The highest BCUT2D eigenvalue weighted by Gasteiger charge is 2.29. The van der Waals surface area contributed by atoms with Gasteiger partial charge in [0.05, 0.1) is 24.3 Å². The minimum absolute atomic E-state index is 0.0329. The smallest absolute Gasteiger partial charge is 0.256 e. The number of hydrogen-bond donors (Lipinski definition) is 2. The number of rotatable bonds is 10. The molecule has 4 aromatic rings. The molecule has 9 nitrogen and oxygen atoms in total. The average molecular weight is 574 g/mol. The fourth-order valence-electron chi connectivity index (χ4n) is 5.64. The summed E-state index contributed by atoms with van der Waals surface area (Å²) in [5, 5.41) is 8.15. The molecule has 1 saturated heterocycles. The van der Waals surface area contributed by atoms with Gasteiger partial charge in [-0.3, -0.25) is 14.5 Å². The number of fused-ring (bicyclic) bond motifs is 3. The summed E-state index contributed by atoms with van der Waals surface area (Å²) in [6, 6.07) is 13.0. The third kappa shape index (κ3) is 5.57. The molecule has 0 bridgehead atoms. The number of amides is 1. The summed E-state index contributed by atoms with van der Waals surface area (Å²) in [4.78, 5) is 31.3. The average Bonchev–Trinajstić information content (AvgIpc) is 2.99. The van der Waals surface area contributed by atoms with Gasteiger partial charge in [0.1, 0.15) is 16.8 Å². The highest BCUT2D eigenvalue weighted by molar-refractivity contribution is 6.02. The van der Waals surface area contributed by atoms with Crippen LogP contribution in [0, 0.1) is 5.82 Å². The van der Waals surface area contributed by atoms with Crippen molar-refractivity contribution in [3.8, 4) is 17.2 Å². The molecule has 220 valence electrons. The summed E-state index contributed by atoms with van der Waals surface area (Å²) < 4.78 is 29.4. The van der Waals surface area contributed by atoms with Crippen molar-refractivity contribution in [2.75, 3.05) is 71.9 Å². The van der Waals surface area contributed by atoms with Crippen molar-refractivity contribution in [3.05, 3.63) is 70.3 Å². The summed E-state index contributed by atoms with van der Waals surface area (Å²) in [6.07, 6.45) is 3.27. The third-order valence-electron chi connectivity index (χ3n) is 7.89. The molecule has 1 amide bonds. The zero-order valence-electron chi connectivity index (χ0n) is 24.0. The number of halogens is 1. The first kappa shape index (κ1) is 28.1. The fraction of sp³-hybridized carbons (Fsp3) is 0.375. The molecule has 0 spiro atoms. The Morgan fingerprint density at radius 2 is 1.81 bits per heavy atom. The standard InChI is InChI=1S/C32H36FN5O4/c1-36(2)11-6-5-9-35-32(40)24-20-38-26-17-21-7-3-4-8-22(21)18-27(26)42-31-28(25(33)19-23(29(31)38)30(24)39)34-10-12-37-13-15-41-16-14-37/h3-4,7-8,17-20,34H,5-6,9-16H2,1-2H3,(H,35,40). The molecule has 1 fully saturated rings. The predicted octanol–water partition coefficient (Wildman–Crippen LogP) is 4.20. The number of carbonyl (C=O) groups excluding carboxylic acids is 1. The summed E-state index contributed by atoms with van der Waals surface area (Å²) >= 11 is 0. The van der Waals surface area contributed by atoms with Gasteiger partial charge in [-0.05, 0) is 62.5 Å². The van der Waals surface area contributed by atoms with E-state index in [1.807, 2.05) is 50.5 Å². The summed E-state index contributed by atoms with van der Waals surface area (Å²) in [5.41, 5.74) is 0.743. The fourth-order valence-corrected chi connectivity index (χ4v) is 5.64. The van der Waals surface area contributed by atoms with Crippen molar-refractivity contribution in [2.45, 2.75) is 12.8 Å². The molecule has 42 heavy (non-hydrogen) atoms. The van der Waals surface area contributed by atoms with Crippen molar-refractivity contribution in [2.24, 2.45) is 0 Å². The largest absolute Gasteiger partial charge is 0.451 e. The van der Waals surface area contributed by atoms with Crippen LogP contribution in [0.15, 0.2) is 53.5 Å². The van der Waals surface area contributed by atoms with Crippen LogP contribution in [0.1, 0.15) is 23.2 Å². The topological polar surface area (TPSA) is 88.1 Å². The quantitative estimate of drug-likeness (QED) is 0.242. The third-order valence-corrected chi connectivity index (χ3v) is 7.89. The highest BCUT2D eigenvalue weighted by atomic mass is 19.1. The van der Waals surface area contributed by atoms with Crippen LogP contribution in [0.3, 0.4) is 0 Å². The van der Waals surface area contributed by atoms with E-state index in [1.54, 1.807) is 10.8 Å². The lowest BCUT2D eigenvalue weighted by Crippen LogP contribution is -2.39. The van der Waals surface area contributed by atoms with Crippen molar-refractivity contribution in [3.63, 3.8) is 0 Å². The molecular formula is C32H36FN5O4. The Morgan fingerprint density at radius 1 is 1.05 bits per heavy atom. The lowest BCUT2D eigenvalue weighted by atomic mass is 10.0. The van der Waals surface area contributed by atoms with E-state index in [9.17, 15) is 9.59 Å². The molecule has 0 aliphatic carbocycles. The molecule has 2 N–H and O–H groups in total. The zero-order chi connectivity index (χ0) is 29.2. The number of carbonyl (C=O) groups is 1. The molecule has 3 heterocycles. The molecule has 0 saturated carbocycles. The molecule has 2 aliphatic rings. The van der Waals surface area contributed by atoms with E-state index in [2.05, 4.69) is 20.4 Å². The molecule has 3 aromatic carbocycles. The summed E-state index contributed by atoms with van der Waals surface area (Å²) in [6.45, 7) is 5.57. The number of pyridine rings is 1.